The number of carbonyl (C=O) groups is 1. The molecule has 1 N–H and O–H groups in total. The lowest BCUT2D eigenvalue weighted by Crippen LogP contribution is -2.47. The van der Waals surface area contributed by atoms with Crippen LogP contribution < -0.4 is 0 Å². The summed E-state index contributed by atoms with van der Waals surface area (Å²) in [7, 11) is 1.75. The molecule has 0 spiro atoms. The molecule has 0 aromatic rings. The first-order valence-corrected chi connectivity index (χ1v) is 6.10. The van der Waals surface area contributed by atoms with Crippen LogP contribution in [0.4, 0.5) is 0 Å². The van der Waals surface area contributed by atoms with Gasteiger partial charge in [-0.1, -0.05) is 0 Å². The number of hydrogen-bond donors (Lipinski definition) is 1. The van der Waals surface area contributed by atoms with Gasteiger partial charge in [0.2, 0.25) is 0 Å². The summed E-state index contributed by atoms with van der Waals surface area (Å²) >= 11 is 0. The van der Waals surface area contributed by atoms with Crippen molar-refractivity contribution >= 4 is 5.91 Å². The van der Waals surface area contributed by atoms with Crippen molar-refractivity contribution in [3.8, 4) is 0 Å². The topological polar surface area (TPSA) is 49.8 Å². The fourth-order valence-electron chi connectivity index (χ4n) is 2.35. The van der Waals surface area contributed by atoms with Gasteiger partial charge in [-0.25, -0.2) is 0 Å². The second-order valence-electron chi connectivity index (χ2n) is 5.27. The van der Waals surface area contributed by atoms with Crippen LogP contribution in [0.3, 0.4) is 0 Å². The molecule has 16 heavy (non-hydrogen) atoms. The zero-order valence-corrected chi connectivity index (χ0v) is 10.1. The molecule has 0 aromatic heterocycles. The minimum absolute atomic E-state index is 0.00435. The third-order valence-corrected chi connectivity index (χ3v) is 3.64. The highest BCUT2D eigenvalue weighted by atomic mass is 16.5. The number of aliphatic hydroxyl groups is 1. The maximum Gasteiger partial charge on any atom is 0.254 e. The highest BCUT2D eigenvalue weighted by molar-refractivity contribution is 5.84. The smallest absolute Gasteiger partial charge is 0.254 e. The summed E-state index contributed by atoms with van der Waals surface area (Å²) in [4.78, 5) is 13.8. The van der Waals surface area contributed by atoms with E-state index in [9.17, 15) is 9.90 Å². The maximum absolute atomic E-state index is 12.1. The zero-order valence-electron chi connectivity index (χ0n) is 10.1. The highest BCUT2D eigenvalue weighted by Crippen LogP contribution is 2.33. The summed E-state index contributed by atoms with van der Waals surface area (Å²) < 4.78 is 5.51. The Hall–Kier alpha value is -0.610. The monoisotopic (exact) mass is 227 g/mol. The zero-order chi connectivity index (χ0) is 11.8. The van der Waals surface area contributed by atoms with E-state index in [1.807, 2.05) is 6.92 Å². The van der Waals surface area contributed by atoms with E-state index in [2.05, 4.69) is 0 Å². The van der Waals surface area contributed by atoms with Gasteiger partial charge in [0.1, 0.15) is 5.60 Å². The largest absolute Gasteiger partial charge is 0.391 e. The van der Waals surface area contributed by atoms with Crippen LogP contribution in [0.2, 0.25) is 0 Å². The standard InChI is InChI=1S/C12H21NO3/c1-12(6-3-7-16-12)11(15)13(2)8-10(14)9-4-5-9/h9-10,14H,3-8H2,1-2H3. The van der Waals surface area contributed by atoms with Crippen LogP contribution in [0, 0.1) is 5.92 Å². The lowest BCUT2D eigenvalue weighted by Gasteiger charge is -2.29. The Morgan fingerprint density at radius 1 is 1.62 bits per heavy atom. The number of likely N-dealkylation sites (N-methyl/N-ethyl adjacent to an activating group) is 1. The molecule has 92 valence electrons. The van der Waals surface area contributed by atoms with Crippen molar-refractivity contribution < 1.29 is 14.6 Å². The van der Waals surface area contributed by atoms with Crippen molar-refractivity contribution in [3.63, 3.8) is 0 Å². The molecule has 1 aliphatic heterocycles. The molecule has 1 amide bonds. The molecule has 4 nitrogen and oxygen atoms in total. The molecule has 2 fully saturated rings. The van der Waals surface area contributed by atoms with Gasteiger partial charge in [0.05, 0.1) is 6.10 Å². The molecule has 0 aromatic carbocycles. The van der Waals surface area contributed by atoms with Crippen molar-refractivity contribution in [2.75, 3.05) is 20.2 Å². The summed E-state index contributed by atoms with van der Waals surface area (Å²) in [6.07, 6.45) is 3.56. The van der Waals surface area contributed by atoms with Crippen LogP contribution in [0.25, 0.3) is 0 Å². The van der Waals surface area contributed by atoms with Crippen molar-refractivity contribution in [1.82, 2.24) is 4.90 Å². The van der Waals surface area contributed by atoms with Crippen LogP contribution in [0.15, 0.2) is 0 Å². The fraction of sp³-hybridized carbons (Fsp3) is 0.917. The molecule has 1 saturated carbocycles. The molecule has 1 saturated heterocycles. The van der Waals surface area contributed by atoms with Crippen LogP contribution in [-0.4, -0.2) is 47.8 Å². The van der Waals surface area contributed by atoms with E-state index in [0.29, 0.717) is 19.1 Å². The first kappa shape index (κ1) is 11.9. The Morgan fingerprint density at radius 2 is 2.31 bits per heavy atom. The Bertz CT molecular complexity index is 269. The van der Waals surface area contributed by atoms with Gasteiger partial charge in [-0.2, -0.15) is 0 Å². The summed E-state index contributed by atoms with van der Waals surface area (Å²) in [6, 6.07) is 0. The van der Waals surface area contributed by atoms with E-state index < -0.39 is 5.60 Å². The molecular weight excluding hydrogens is 206 g/mol. The lowest BCUT2D eigenvalue weighted by atomic mass is 10.0. The number of nitrogens with zero attached hydrogens (tertiary/aromatic N) is 1. The second kappa shape index (κ2) is 4.34. The van der Waals surface area contributed by atoms with E-state index in [4.69, 9.17) is 4.74 Å². The summed E-state index contributed by atoms with van der Waals surface area (Å²) in [5, 5.41) is 9.80. The number of rotatable bonds is 4. The number of ether oxygens (including phenoxy) is 1. The normalized spacial score (nSPS) is 31.4. The lowest BCUT2D eigenvalue weighted by molar-refractivity contribution is -0.151. The van der Waals surface area contributed by atoms with Crippen molar-refractivity contribution in [2.45, 2.75) is 44.3 Å². The first-order valence-electron chi connectivity index (χ1n) is 6.10. The predicted octanol–water partition coefficient (Wildman–Crippen LogP) is 0.785. The van der Waals surface area contributed by atoms with Crippen LogP contribution in [0.1, 0.15) is 32.6 Å². The van der Waals surface area contributed by atoms with E-state index >= 15 is 0 Å². The van der Waals surface area contributed by atoms with E-state index in [1.165, 1.54) is 0 Å². The highest BCUT2D eigenvalue weighted by Gasteiger charge is 2.41. The third kappa shape index (κ3) is 2.38. The summed E-state index contributed by atoms with van der Waals surface area (Å²) in [5.41, 5.74) is -0.655. The van der Waals surface area contributed by atoms with Crippen LogP contribution in [0.5, 0.6) is 0 Å². The van der Waals surface area contributed by atoms with Gasteiger partial charge in [0.25, 0.3) is 5.91 Å². The fourth-order valence-corrected chi connectivity index (χ4v) is 2.35. The SMILES string of the molecule is CN(CC(O)C1CC1)C(=O)C1(C)CCCO1. The average molecular weight is 227 g/mol. The quantitative estimate of drug-likeness (QED) is 0.772. The molecule has 4 heteroatoms. The van der Waals surface area contributed by atoms with Crippen LogP contribution >= 0.6 is 0 Å². The molecule has 2 atom stereocenters. The minimum Gasteiger partial charge on any atom is -0.391 e. The molecule has 2 rings (SSSR count). The van der Waals surface area contributed by atoms with Gasteiger partial charge in [-0.3, -0.25) is 4.79 Å². The summed E-state index contributed by atoms with van der Waals surface area (Å²) in [6.45, 7) is 2.95. The van der Waals surface area contributed by atoms with E-state index in [0.717, 1.165) is 25.7 Å². The number of hydrogen-bond acceptors (Lipinski definition) is 3. The van der Waals surface area contributed by atoms with Gasteiger partial charge in [0.15, 0.2) is 0 Å². The molecule has 2 unspecified atom stereocenters. The molecule has 1 aliphatic carbocycles. The van der Waals surface area contributed by atoms with Crippen molar-refractivity contribution in [3.05, 3.63) is 0 Å². The number of carbonyl (C=O) groups excluding carboxylic acids is 1. The maximum atomic E-state index is 12.1. The average Bonchev–Trinajstić information content (AvgIpc) is 3.01. The first-order chi connectivity index (χ1) is 7.53. The number of amides is 1. The number of aliphatic hydroxyl groups excluding tert-OH is 1. The van der Waals surface area contributed by atoms with E-state index in [-0.39, 0.29) is 12.0 Å². The Labute approximate surface area is 96.6 Å². The molecule has 0 radical (unpaired) electrons. The van der Waals surface area contributed by atoms with Gasteiger partial charge in [0, 0.05) is 20.2 Å². The Balaban J connectivity index is 1.87. The summed E-state index contributed by atoms with van der Waals surface area (Å²) in [5.74, 6) is 0.414. The third-order valence-electron chi connectivity index (χ3n) is 3.64. The van der Waals surface area contributed by atoms with Crippen molar-refractivity contribution in [2.24, 2.45) is 5.92 Å². The van der Waals surface area contributed by atoms with Gasteiger partial charge >= 0.3 is 0 Å². The Morgan fingerprint density at radius 3 is 2.81 bits per heavy atom. The van der Waals surface area contributed by atoms with Gasteiger partial charge < -0.3 is 14.7 Å². The minimum atomic E-state index is -0.655. The molecule has 0 bridgehead atoms. The van der Waals surface area contributed by atoms with Gasteiger partial charge in [-0.05, 0) is 38.5 Å². The molecule has 1 heterocycles. The molecular formula is C12H21NO3. The van der Waals surface area contributed by atoms with Crippen LogP contribution in [-0.2, 0) is 9.53 Å². The van der Waals surface area contributed by atoms with Crippen molar-refractivity contribution in [1.29, 1.82) is 0 Å². The predicted molar refractivity (Wildman–Crippen MR) is 60.0 cm³/mol. The Kier molecular flexibility index (Phi) is 3.22. The van der Waals surface area contributed by atoms with E-state index in [1.54, 1.807) is 11.9 Å². The molecule has 2 aliphatic rings. The second-order valence-corrected chi connectivity index (χ2v) is 5.27. The van der Waals surface area contributed by atoms with Gasteiger partial charge in [-0.15, -0.1) is 0 Å².